The lowest BCUT2D eigenvalue weighted by molar-refractivity contribution is -0.132. The van der Waals surface area contributed by atoms with Crippen molar-refractivity contribution in [3.8, 4) is 11.5 Å². The average molecular weight is 386 g/mol. The van der Waals surface area contributed by atoms with Gasteiger partial charge in [0.05, 0.1) is 20.8 Å². The number of benzene rings is 2. The van der Waals surface area contributed by atoms with Crippen molar-refractivity contribution in [1.82, 2.24) is 9.80 Å². The average Bonchev–Trinajstić information content (AvgIpc) is 3.53. The number of nitrogens with zero attached hydrogens (tertiary/aromatic N) is 2. The molecule has 0 bridgehead atoms. The van der Waals surface area contributed by atoms with Gasteiger partial charge in [0.2, 0.25) is 5.91 Å². The zero-order valence-corrected chi connectivity index (χ0v) is 16.7. The maximum absolute atomic E-state index is 13.9. The van der Waals surface area contributed by atoms with E-state index in [1.54, 1.807) is 31.2 Å². The molecular formula is C22H27FN2O3. The first kappa shape index (κ1) is 20.1. The second-order valence-electron chi connectivity index (χ2n) is 7.20. The van der Waals surface area contributed by atoms with E-state index in [0.717, 1.165) is 36.3 Å². The number of methoxy groups -OCH3 is 2. The molecule has 0 atom stereocenters. The first-order valence-electron chi connectivity index (χ1n) is 9.43. The summed E-state index contributed by atoms with van der Waals surface area (Å²) >= 11 is 0. The van der Waals surface area contributed by atoms with E-state index in [2.05, 4.69) is 4.90 Å². The van der Waals surface area contributed by atoms with Crippen LogP contribution < -0.4 is 9.47 Å². The molecule has 0 heterocycles. The highest BCUT2D eigenvalue weighted by Crippen LogP contribution is 2.28. The fraction of sp³-hybridized carbons (Fsp3) is 0.409. The van der Waals surface area contributed by atoms with Crippen LogP contribution >= 0.6 is 0 Å². The SMILES string of the molecule is COc1ccc(CN(CC(=O)N(C)Cc2ccc(OC)c(F)c2)C2CC2)cc1. The van der Waals surface area contributed by atoms with Gasteiger partial charge in [0, 0.05) is 26.2 Å². The zero-order valence-electron chi connectivity index (χ0n) is 16.7. The van der Waals surface area contributed by atoms with Gasteiger partial charge in [-0.2, -0.15) is 0 Å². The first-order valence-corrected chi connectivity index (χ1v) is 9.43. The Morgan fingerprint density at radius 1 is 1.04 bits per heavy atom. The maximum Gasteiger partial charge on any atom is 0.236 e. The van der Waals surface area contributed by atoms with Crippen molar-refractivity contribution in [1.29, 1.82) is 0 Å². The minimum absolute atomic E-state index is 0.0247. The molecule has 0 saturated heterocycles. The molecule has 3 rings (SSSR count). The highest BCUT2D eigenvalue weighted by Gasteiger charge is 2.31. The van der Waals surface area contributed by atoms with Crippen molar-refractivity contribution >= 4 is 5.91 Å². The molecule has 1 aliphatic rings. The van der Waals surface area contributed by atoms with Crippen molar-refractivity contribution in [2.75, 3.05) is 27.8 Å². The van der Waals surface area contributed by atoms with E-state index >= 15 is 0 Å². The largest absolute Gasteiger partial charge is 0.497 e. The molecule has 5 nitrogen and oxygen atoms in total. The number of rotatable bonds is 9. The van der Waals surface area contributed by atoms with Gasteiger partial charge in [-0.05, 0) is 48.2 Å². The zero-order chi connectivity index (χ0) is 20.1. The molecule has 1 fully saturated rings. The monoisotopic (exact) mass is 386 g/mol. The number of carbonyl (C=O) groups excluding carboxylic acids is 1. The summed E-state index contributed by atoms with van der Waals surface area (Å²) in [6, 6.07) is 13.2. The lowest BCUT2D eigenvalue weighted by Gasteiger charge is -2.25. The normalized spacial score (nSPS) is 13.5. The number of halogens is 1. The Labute approximate surface area is 165 Å². The lowest BCUT2D eigenvalue weighted by atomic mass is 10.2. The fourth-order valence-corrected chi connectivity index (χ4v) is 3.18. The van der Waals surface area contributed by atoms with Crippen LogP contribution in [-0.4, -0.2) is 49.6 Å². The minimum atomic E-state index is -0.417. The summed E-state index contributed by atoms with van der Waals surface area (Å²) in [6.45, 7) is 1.44. The molecule has 6 heteroatoms. The number of ether oxygens (including phenoxy) is 2. The predicted octanol–water partition coefficient (Wildman–Crippen LogP) is 3.47. The highest BCUT2D eigenvalue weighted by molar-refractivity contribution is 5.78. The van der Waals surface area contributed by atoms with Gasteiger partial charge >= 0.3 is 0 Å². The molecule has 0 N–H and O–H groups in total. The number of hydrogen-bond acceptors (Lipinski definition) is 4. The van der Waals surface area contributed by atoms with Gasteiger partial charge in [-0.15, -0.1) is 0 Å². The Morgan fingerprint density at radius 3 is 2.29 bits per heavy atom. The van der Waals surface area contributed by atoms with Gasteiger partial charge in [0.25, 0.3) is 0 Å². The Kier molecular flexibility index (Phi) is 6.52. The summed E-state index contributed by atoms with van der Waals surface area (Å²) in [7, 11) is 4.83. The van der Waals surface area contributed by atoms with Gasteiger partial charge < -0.3 is 14.4 Å². The third kappa shape index (κ3) is 5.23. The van der Waals surface area contributed by atoms with E-state index < -0.39 is 5.82 Å². The van der Waals surface area contributed by atoms with Crippen molar-refractivity contribution in [3.63, 3.8) is 0 Å². The number of likely N-dealkylation sites (N-methyl/N-ethyl adjacent to an activating group) is 1. The highest BCUT2D eigenvalue weighted by atomic mass is 19.1. The molecule has 2 aromatic carbocycles. The van der Waals surface area contributed by atoms with E-state index in [4.69, 9.17) is 9.47 Å². The fourth-order valence-electron chi connectivity index (χ4n) is 3.18. The summed E-state index contributed by atoms with van der Waals surface area (Å²) in [5.74, 6) is 0.637. The summed E-state index contributed by atoms with van der Waals surface area (Å²) in [6.07, 6.45) is 2.24. The van der Waals surface area contributed by atoms with Crippen LogP contribution in [0.15, 0.2) is 42.5 Å². The molecule has 0 unspecified atom stereocenters. The summed E-state index contributed by atoms with van der Waals surface area (Å²) in [4.78, 5) is 16.6. The molecule has 2 aromatic rings. The molecular weight excluding hydrogens is 359 g/mol. The van der Waals surface area contributed by atoms with Crippen LogP contribution in [0, 0.1) is 5.82 Å². The molecule has 1 amide bonds. The Hall–Kier alpha value is -2.60. The van der Waals surface area contributed by atoms with E-state index in [0.29, 0.717) is 19.1 Å². The number of carbonyl (C=O) groups is 1. The smallest absolute Gasteiger partial charge is 0.236 e. The predicted molar refractivity (Wildman–Crippen MR) is 106 cm³/mol. The van der Waals surface area contributed by atoms with Crippen molar-refractivity contribution in [3.05, 3.63) is 59.4 Å². The maximum atomic E-state index is 13.9. The number of amides is 1. The summed E-state index contributed by atoms with van der Waals surface area (Å²) < 4.78 is 24.0. The van der Waals surface area contributed by atoms with E-state index in [1.165, 1.54) is 13.2 Å². The topological polar surface area (TPSA) is 42.0 Å². The van der Waals surface area contributed by atoms with Crippen molar-refractivity contribution in [2.45, 2.75) is 32.0 Å². The molecule has 0 aliphatic heterocycles. The van der Waals surface area contributed by atoms with Crippen LogP contribution in [0.3, 0.4) is 0 Å². The van der Waals surface area contributed by atoms with Gasteiger partial charge in [0.15, 0.2) is 11.6 Å². The molecule has 1 aliphatic carbocycles. The second kappa shape index (κ2) is 9.06. The standard InChI is InChI=1S/C22H27FN2O3/c1-24(13-17-6-11-21(28-3)20(23)12-17)22(26)15-25(18-7-8-18)14-16-4-9-19(27-2)10-5-16/h4-6,9-12,18H,7-8,13-15H2,1-3H3. The minimum Gasteiger partial charge on any atom is -0.497 e. The lowest BCUT2D eigenvalue weighted by Crippen LogP contribution is -2.38. The summed E-state index contributed by atoms with van der Waals surface area (Å²) in [5.41, 5.74) is 1.89. The Balaban J connectivity index is 1.59. The third-order valence-electron chi connectivity index (χ3n) is 5.01. The van der Waals surface area contributed by atoms with Crippen LogP contribution in [0.1, 0.15) is 24.0 Å². The van der Waals surface area contributed by atoms with E-state index in [1.807, 2.05) is 24.3 Å². The van der Waals surface area contributed by atoms with Gasteiger partial charge in [-0.25, -0.2) is 4.39 Å². The van der Waals surface area contributed by atoms with E-state index in [9.17, 15) is 9.18 Å². The van der Waals surface area contributed by atoms with Gasteiger partial charge in [-0.1, -0.05) is 18.2 Å². The van der Waals surface area contributed by atoms with Crippen LogP contribution in [-0.2, 0) is 17.9 Å². The van der Waals surface area contributed by atoms with E-state index in [-0.39, 0.29) is 11.7 Å². The molecule has 0 aromatic heterocycles. The van der Waals surface area contributed by atoms with Crippen LogP contribution in [0.2, 0.25) is 0 Å². The van der Waals surface area contributed by atoms with Crippen molar-refractivity contribution < 1.29 is 18.7 Å². The number of hydrogen-bond donors (Lipinski definition) is 0. The molecule has 0 radical (unpaired) electrons. The second-order valence-corrected chi connectivity index (χ2v) is 7.20. The third-order valence-corrected chi connectivity index (χ3v) is 5.01. The first-order chi connectivity index (χ1) is 13.5. The van der Waals surface area contributed by atoms with Crippen molar-refractivity contribution in [2.24, 2.45) is 0 Å². The Morgan fingerprint density at radius 2 is 1.71 bits per heavy atom. The Bertz CT molecular complexity index is 806. The quantitative estimate of drug-likeness (QED) is 0.662. The van der Waals surface area contributed by atoms with Crippen LogP contribution in [0.25, 0.3) is 0 Å². The van der Waals surface area contributed by atoms with Gasteiger partial charge in [0.1, 0.15) is 5.75 Å². The molecule has 0 spiro atoms. The molecule has 28 heavy (non-hydrogen) atoms. The van der Waals surface area contributed by atoms with Gasteiger partial charge in [-0.3, -0.25) is 9.69 Å². The molecule has 150 valence electrons. The molecule has 1 saturated carbocycles. The summed E-state index contributed by atoms with van der Waals surface area (Å²) in [5, 5.41) is 0. The van der Waals surface area contributed by atoms with Crippen LogP contribution in [0.5, 0.6) is 11.5 Å². The van der Waals surface area contributed by atoms with Crippen LogP contribution in [0.4, 0.5) is 4.39 Å².